The van der Waals surface area contributed by atoms with Crippen molar-refractivity contribution in [2.45, 2.75) is 40.0 Å². The van der Waals surface area contributed by atoms with E-state index in [0.29, 0.717) is 18.5 Å². The summed E-state index contributed by atoms with van der Waals surface area (Å²) in [6, 6.07) is 9.06. The molecule has 1 aromatic carbocycles. The Labute approximate surface area is 142 Å². The van der Waals surface area contributed by atoms with Crippen LogP contribution in [0, 0.1) is 10.8 Å². The molecule has 1 aliphatic rings. The third-order valence-electron chi connectivity index (χ3n) is 4.71. The van der Waals surface area contributed by atoms with Crippen LogP contribution >= 0.6 is 0 Å². The van der Waals surface area contributed by atoms with Gasteiger partial charge in [0.25, 0.3) is 0 Å². The summed E-state index contributed by atoms with van der Waals surface area (Å²) in [5.41, 5.74) is -0.677. The molecule has 0 spiro atoms. The van der Waals surface area contributed by atoms with E-state index in [-0.39, 0.29) is 31.1 Å². The van der Waals surface area contributed by atoms with Crippen molar-refractivity contribution in [3.63, 3.8) is 0 Å². The number of hydrogen-bond acceptors (Lipinski definition) is 3. The van der Waals surface area contributed by atoms with E-state index >= 15 is 0 Å². The minimum Gasteiger partial charge on any atom is -0.481 e. The Morgan fingerprint density at radius 1 is 1.17 bits per heavy atom. The summed E-state index contributed by atoms with van der Waals surface area (Å²) >= 11 is 0. The van der Waals surface area contributed by atoms with Crippen molar-refractivity contribution in [1.82, 2.24) is 4.90 Å². The number of benzene rings is 1. The van der Waals surface area contributed by atoms with E-state index < -0.39 is 16.8 Å². The fourth-order valence-corrected chi connectivity index (χ4v) is 3.09. The van der Waals surface area contributed by atoms with Crippen molar-refractivity contribution in [2.24, 2.45) is 10.8 Å². The molecule has 0 aromatic heterocycles. The molecule has 130 valence electrons. The molecule has 1 fully saturated rings. The van der Waals surface area contributed by atoms with Gasteiger partial charge in [-0.05, 0) is 18.8 Å². The second kappa shape index (κ2) is 6.75. The van der Waals surface area contributed by atoms with Gasteiger partial charge in [0.15, 0.2) is 5.78 Å². The second-order valence-electron chi connectivity index (χ2n) is 7.74. The molecule has 2 rings (SSSR count). The molecule has 5 heteroatoms. The summed E-state index contributed by atoms with van der Waals surface area (Å²) < 4.78 is 0. The standard InChI is InChI=1S/C19H25NO4/c1-18(2,11-15(21)14-7-5-4-6-8-14)12-16(22)20-10-9-19(3,13-20)17(23)24/h4-8H,9-13H2,1-3H3,(H,23,24). The van der Waals surface area contributed by atoms with Crippen LogP contribution in [0.4, 0.5) is 0 Å². The van der Waals surface area contributed by atoms with E-state index in [9.17, 15) is 19.5 Å². The Balaban J connectivity index is 1.95. The highest BCUT2D eigenvalue weighted by Gasteiger charge is 2.42. The third-order valence-corrected chi connectivity index (χ3v) is 4.71. The maximum absolute atomic E-state index is 12.5. The predicted octanol–water partition coefficient (Wildman–Crippen LogP) is 3.00. The number of ketones is 1. The first-order chi connectivity index (χ1) is 11.1. The number of carboxylic acids is 1. The highest BCUT2D eigenvalue weighted by Crippen LogP contribution is 2.33. The molecule has 1 unspecified atom stereocenters. The second-order valence-corrected chi connectivity index (χ2v) is 7.74. The van der Waals surface area contributed by atoms with Gasteiger partial charge in [-0.15, -0.1) is 0 Å². The molecule has 0 radical (unpaired) electrons. The van der Waals surface area contributed by atoms with E-state index in [1.54, 1.807) is 24.0 Å². The molecular weight excluding hydrogens is 306 g/mol. The predicted molar refractivity (Wildman–Crippen MR) is 90.7 cm³/mol. The van der Waals surface area contributed by atoms with Crippen LogP contribution in [0.1, 0.15) is 50.4 Å². The van der Waals surface area contributed by atoms with Gasteiger partial charge >= 0.3 is 5.97 Å². The molecule has 1 amide bonds. The molecule has 0 saturated carbocycles. The van der Waals surface area contributed by atoms with E-state index in [1.165, 1.54) is 0 Å². The number of aliphatic carboxylic acids is 1. The van der Waals surface area contributed by atoms with Crippen LogP contribution in [0.25, 0.3) is 0 Å². The van der Waals surface area contributed by atoms with Crippen molar-refractivity contribution in [3.8, 4) is 0 Å². The van der Waals surface area contributed by atoms with Gasteiger partial charge in [0.05, 0.1) is 5.41 Å². The van der Waals surface area contributed by atoms with E-state index in [0.717, 1.165) is 0 Å². The van der Waals surface area contributed by atoms with Crippen LogP contribution in [0.15, 0.2) is 30.3 Å². The molecule has 1 N–H and O–H groups in total. The zero-order chi connectivity index (χ0) is 18.0. The maximum Gasteiger partial charge on any atom is 0.311 e. The van der Waals surface area contributed by atoms with Gasteiger partial charge in [-0.2, -0.15) is 0 Å². The Kier molecular flexibility index (Phi) is 5.11. The van der Waals surface area contributed by atoms with Gasteiger partial charge in [-0.3, -0.25) is 14.4 Å². The van der Waals surface area contributed by atoms with E-state index in [1.807, 2.05) is 32.0 Å². The average Bonchev–Trinajstić information content (AvgIpc) is 2.91. The lowest BCUT2D eigenvalue weighted by Crippen LogP contribution is -2.37. The summed E-state index contributed by atoms with van der Waals surface area (Å²) in [6.45, 7) is 6.18. The highest BCUT2D eigenvalue weighted by molar-refractivity contribution is 5.96. The molecule has 1 atom stereocenters. The summed E-state index contributed by atoms with van der Waals surface area (Å²) in [5.74, 6) is -0.924. The minimum atomic E-state index is -0.865. The van der Waals surface area contributed by atoms with Crippen LogP contribution in [-0.2, 0) is 9.59 Å². The van der Waals surface area contributed by atoms with Gasteiger partial charge in [-0.1, -0.05) is 44.2 Å². The minimum absolute atomic E-state index is 0.0187. The van der Waals surface area contributed by atoms with Crippen molar-refractivity contribution < 1.29 is 19.5 Å². The third kappa shape index (κ3) is 4.22. The lowest BCUT2D eigenvalue weighted by molar-refractivity contribution is -0.147. The Bertz CT molecular complexity index is 638. The number of rotatable bonds is 6. The highest BCUT2D eigenvalue weighted by atomic mass is 16.4. The molecule has 1 heterocycles. The summed E-state index contributed by atoms with van der Waals surface area (Å²) in [6.07, 6.45) is 0.992. The van der Waals surface area contributed by atoms with Gasteiger partial charge in [-0.25, -0.2) is 0 Å². The fraction of sp³-hybridized carbons (Fsp3) is 0.526. The first-order valence-corrected chi connectivity index (χ1v) is 8.22. The van der Waals surface area contributed by atoms with Gasteiger partial charge < -0.3 is 10.0 Å². The van der Waals surface area contributed by atoms with Crippen LogP contribution in [0.3, 0.4) is 0 Å². The monoisotopic (exact) mass is 331 g/mol. The van der Waals surface area contributed by atoms with Crippen LogP contribution < -0.4 is 0 Å². The number of amides is 1. The lowest BCUT2D eigenvalue weighted by atomic mass is 9.82. The van der Waals surface area contributed by atoms with Crippen molar-refractivity contribution in [3.05, 3.63) is 35.9 Å². The van der Waals surface area contributed by atoms with Gasteiger partial charge in [0, 0.05) is 31.5 Å². The zero-order valence-corrected chi connectivity index (χ0v) is 14.5. The Morgan fingerprint density at radius 2 is 1.79 bits per heavy atom. The maximum atomic E-state index is 12.5. The van der Waals surface area contributed by atoms with Crippen molar-refractivity contribution in [1.29, 1.82) is 0 Å². The number of carbonyl (C=O) groups is 3. The van der Waals surface area contributed by atoms with Crippen molar-refractivity contribution in [2.75, 3.05) is 13.1 Å². The summed E-state index contributed by atoms with van der Waals surface area (Å²) in [7, 11) is 0. The molecule has 0 bridgehead atoms. The lowest BCUT2D eigenvalue weighted by Gasteiger charge is -2.27. The summed E-state index contributed by atoms with van der Waals surface area (Å²) in [4.78, 5) is 37.8. The van der Waals surface area contributed by atoms with Gasteiger partial charge in [0.1, 0.15) is 0 Å². The largest absolute Gasteiger partial charge is 0.481 e. The number of likely N-dealkylation sites (tertiary alicyclic amines) is 1. The zero-order valence-electron chi connectivity index (χ0n) is 14.5. The molecule has 0 aliphatic carbocycles. The number of Topliss-reactive ketones (excluding diaryl/α,β-unsaturated/α-hetero) is 1. The first-order valence-electron chi connectivity index (χ1n) is 8.22. The molecule has 1 aromatic rings. The van der Waals surface area contributed by atoms with Crippen LogP contribution in [0.2, 0.25) is 0 Å². The quantitative estimate of drug-likeness (QED) is 0.813. The topological polar surface area (TPSA) is 74.7 Å². The molecule has 1 saturated heterocycles. The SMILES string of the molecule is CC(C)(CC(=O)c1ccccc1)CC(=O)N1CCC(C)(C(=O)O)C1. The normalized spacial score (nSPS) is 20.9. The van der Waals surface area contributed by atoms with Crippen LogP contribution in [-0.4, -0.2) is 40.8 Å². The summed E-state index contributed by atoms with van der Waals surface area (Å²) in [5, 5.41) is 9.27. The smallest absolute Gasteiger partial charge is 0.311 e. The molecule has 1 aliphatic heterocycles. The average molecular weight is 331 g/mol. The van der Waals surface area contributed by atoms with E-state index in [4.69, 9.17) is 0 Å². The molecule has 24 heavy (non-hydrogen) atoms. The van der Waals surface area contributed by atoms with Crippen molar-refractivity contribution >= 4 is 17.7 Å². The molecular formula is C19H25NO4. The van der Waals surface area contributed by atoms with E-state index in [2.05, 4.69) is 0 Å². The number of carboxylic acid groups (broad SMARTS) is 1. The fourth-order valence-electron chi connectivity index (χ4n) is 3.09. The number of carbonyl (C=O) groups excluding carboxylic acids is 2. The Hall–Kier alpha value is -2.17. The molecule has 5 nitrogen and oxygen atoms in total. The number of nitrogens with zero attached hydrogens (tertiary/aromatic N) is 1. The number of hydrogen-bond donors (Lipinski definition) is 1. The van der Waals surface area contributed by atoms with Crippen LogP contribution in [0.5, 0.6) is 0 Å². The van der Waals surface area contributed by atoms with Gasteiger partial charge in [0.2, 0.25) is 5.91 Å². The Morgan fingerprint density at radius 3 is 2.33 bits per heavy atom. The first kappa shape index (κ1) is 18.2.